The molecule has 17 heavy (non-hydrogen) atoms. The highest BCUT2D eigenvalue weighted by Gasteiger charge is 2.27. The number of nitrogens with zero attached hydrogens (tertiary/aromatic N) is 1. The molecule has 0 radical (unpaired) electrons. The Labute approximate surface area is 99.9 Å². The summed E-state index contributed by atoms with van der Waals surface area (Å²) in [5, 5.41) is 9.57. The van der Waals surface area contributed by atoms with Gasteiger partial charge in [0.2, 0.25) is 0 Å². The number of benzene rings is 1. The first-order chi connectivity index (χ1) is 8.11. The molecule has 0 aliphatic carbocycles. The minimum atomic E-state index is -0.502. The van der Waals surface area contributed by atoms with E-state index in [0.29, 0.717) is 19.0 Å². The number of likely N-dealkylation sites (tertiary alicyclic amines) is 1. The van der Waals surface area contributed by atoms with Crippen LogP contribution in [0.1, 0.15) is 30.1 Å². The molecule has 1 unspecified atom stereocenters. The molecule has 1 amide bonds. The van der Waals surface area contributed by atoms with Crippen LogP contribution in [0, 0.1) is 11.7 Å². The van der Waals surface area contributed by atoms with Crippen molar-refractivity contribution in [3.63, 3.8) is 0 Å². The summed E-state index contributed by atoms with van der Waals surface area (Å²) in [7, 11) is 0. The molecule has 0 aromatic heterocycles. The molecule has 1 aliphatic rings. The minimum Gasteiger partial charge on any atom is -0.507 e. The zero-order chi connectivity index (χ0) is 12.4. The summed E-state index contributed by atoms with van der Waals surface area (Å²) in [6.45, 7) is 3.48. The molecule has 1 atom stereocenters. The van der Waals surface area contributed by atoms with Gasteiger partial charge in [-0.25, -0.2) is 4.39 Å². The third-order valence-electron chi connectivity index (χ3n) is 3.34. The fourth-order valence-corrected chi connectivity index (χ4v) is 2.20. The molecule has 1 aromatic carbocycles. The van der Waals surface area contributed by atoms with Gasteiger partial charge in [-0.1, -0.05) is 13.3 Å². The van der Waals surface area contributed by atoms with Crippen molar-refractivity contribution < 1.29 is 14.3 Å². The van der Waals surface area contributed by atoms with Crippen LogP contribution in [-0.2, 0) is 0 Å². The van der Waals surface area contributed by atoms with Gasteiger partial charge in [0, 0.05) is 13.1 Å². The van der Waals surface area contributed by atoms with Crippen molar-refractivity contribution >= 4 is 5.91 Å². The van der Waals surface area contributed by atoms with Crippen molar-refractivity contribution in [1.82, 2.24) is 4.90 Å². The van der Waals surface area contributed by atoms with Crippen molar-refractivity contribution in [2.24, 2.45) is 5.92 Å². The predicted octanol–water partition coefficient (Wildman–Crippen LogP) is 2.40. The summed E-state index contributed by atoms with van der Waals surface area (Å²) >= 11 is 0. The van der Waals surface area contributed by atoms with Gasteiger partial charge in [0.1, 0.15) is 11.6 Å². The number of hydrogen-bond donors (Lipinski definition) is 1. The van der Waals surface area contributed by atoms with Crippen LogP contribution in [0.15, 0.2) is 18.2 Å². The lowest BCUT2D eigenvalue weighted by atomic mass is 10.1. The Morgan fingerprint density at radius 1 is 1.59 bits per heavy atom. The highest BCUT2D eigenvalue weighted by Crippen LogP contribution is 2.25. The summed E-state index contributed by atoms with van der Waals surface area (Å²) in [5.74, 6) is -0.415. The minimum absolute atomic E-state index is 0.0572. The van der Waals surface area contributed by atoms with Crippen LogP contribution >= 0.6 is 0 Å². The summed E-state index contributed by atoms with van der Waals surface area (Å²) in [4.78, 5) is 13.8. The van der Waals surface area contributed by atoms with Crippen LogP contribution in [-0.4, -0.2) is 29.0 Å². The largest absolute Gasteiger partial charge is 0.507 e. The maximum atomic E-state index is 13.1. The Morgan fingerprint density at radius 2 is 2.35 bits per heavy atom. The lowest BCUT2D eigenvalue weighted by Crippen LogP contribution is -2.28. The van der Waals surface area contributed by atoms with Crippen molar-refractivity contribution in [3.8, 4) is 5.75 Å². The summed E-state index contributed by atoms with van der Waals surface area (Å²) in [5.41, 5.74) is 0.0572. The Morgan fingerprint density at radius 3 is 3.00 bits per heavy atom. The standard InChI is InChI=1S/C13H16FNO2/c1-2-9-5-6-15(8-9)13(17)11-7-10(14)3-4-12(11)16/h3-4,7,9,16H,2,5-6,8H2,1H3. The second kappa shape index (κ2) is 4.73. The SMILES string of the molecule is CCC1CCN(C(=O)c2cc(F)ccc2O)C1. The van der Waals surface area contributed by atoms with Gasteiger partial charge in [0.05, 0.1) is 5.56 Å². The number of aromatic hydroxyl groups is 1. The van der Waals surface area contributed by atoms with Crippen molar-refractivity contribution in [1.29, 1.82) is 0 Å². The predicted molar refractivity (Wildman–Crippen MR) is 62.4 cm³/mol. The van der Waals surface area contributed by atoms with E-state index in [9.17, 15) is 14.3 Å². The van der Waals surface area contributed by atoms with Gasteiger partial charge in [0.25, 0.3) is 5.91 Å². The maximum absolute atomic E-state index is 13.1. The lowest BCUT2D eigenvalue weighted by Gasteiger charge is -2.17. The molecular weight excluding hydrogens is 221 g/mol. The fraction of sp³-hybridized carbons (Fsp3) is 0.462. The second-order valence-electron chi connectivity index (χ2n) is 4.48. The summed E-state index contributed by atoms with van der Waals surface area (Å²) in [6, 6.07) is 3.46. The number of phenolic OH excluding ortho intramolecular Hbond substituents is 1. The summed E-state index contributed by atoms with van der Waals surface area (Å²) < 4.78 is 13.1. The van der Waals surface area contributed by atoms with Gasteiger partial charge in [-0.05, 0) is 30.5 Å². The molecule has 1 aliphatic heterocycles. The maximum Gasteiger partial charge on any atom is 0.257 e. The first-order valence-electron chi connectivity index (χ1n) is 5.89. The fourth-order valence-electron chi connectivity index (χ4n) is 2.20. The van der Waals surface area contributed by atoms with Crippen molar-refractivity contribution in [2.75, 3.05) is 13.1 Å². The number of carbonyl (C=O) groups excluding carboxylic acids is 1. The highest BCUT2D eigenvalue weighted by atomic mass is 19.1. The number of phenols is 1. The quantitative estimate of drug-likeness (QED) is 0.858. The zero-order valence-electron chi connectivity index (χ0n) is 9.82. The number of halogens is 1. The first kappa shape index (κ1) is 11.9. The molecule has 92 valence electrons. The topological polar surface area (TPSA) is 40.5 Å². The lowest BCUT2D eigenvalue weighted by molar-refractivity contribution is 0.0783. The Hall–Kier alpha value is -1.58. The Bertz CT molecular complexity index is 433. The van der Waals surface area contributed by atoms with Crippen LogP contribution in [0.5, 0.6) is 5.75 Å². The smallest absolute Gasteiger partial charge is 0.257 e. The van der Waals surface area contributed by atoms with Crippen LogP contribution in [0.2, 0.25) is 0 Å². The molecule has 0 saturated carbocycles. The number of amides is 1. The molecule has 1 saturated heterocycles. The van der Waals surface area contributed by atoms with Gasteiger partial charge >= 0.3 is 0 Å². The van der Waals surface area contributed by atoms with E-state index in [1.54, 1.807) is 4.90 Å². The molecule has 4 heteroatoms. The van der Waals surface area contributed by atoms with Crippen LogP contribution in [0.25, 0.3) is 0 Å². The van der Waals surface area contributed by atoms with Crippen molar-refractivity contribution in [3.05, 3.63) is 29.6 Å². The van der Waals surface area contributed by atoms with Crippen LogP contribution in [0.4, 0.5) is 4.39 Å². The van der Waals surface area contributed by atoms with Crippen LogP contribution < -0.4 is 0 Å². The first-order valence-corrected chi connectivity index (χ1v) is 5.89. The van der Waals surface area contributed by atoms with Gasteiger partial charge in [0.15, 0.2) is 0 Å². The molecule has 0 spiro atoms. The molecule has 1 fully saturated rings. The van der Waals surface area contributed by atoms with E-state index in [-0.39, 0.29) is 17.2 Å². The van der Waals surface area contributed by atoms with E-state index < -0.39 is 5.82 Å². The van der Waals surface area contributed by atoms with E-state index in [4.69, 9.17) is 0 Å². The van der Waals surface area contributed by atoms with Crippen LogP contribution in [0.3, 0.4) is 0 Å². The molecular formula is C13H16FNO2. The number of rotatable bonds is 2. The molecule has 0 bridgehead atoms. The average molecular weight is 237 g/mol. The summed E-state index contributed by atoms with van der Waals surface area (Å²) in [6.07, 6.45) is 2.03. The normalized spacial score (nSPS) is 19.6. The van der Waals surface area contributed by atoms with E-state index in [0.717, 1.165) is 25.0 Å². The number of hydrogen-bond acceptors (Lipinski definition) is 2. The Kier molecular flexibility index (Phi) is 3.31. The zero-order valence-corrected chi connectivity index (χ0v) is 9.82. The monoisotopic (exact) mass is 237 g/mol. The van der Waals surface area contributed by atoms with E-state index in [1.165, 1.54) is 6.07 Å². The third kappa shape index (κ3) is 2.40. The molecule has 2 rings (SSSR count). The second-order valence-corrected chi connectivity index (χ2v) is 4.48. The molecule has 3 nitrogen and oxygen atoms in total. The van der Waals surface area contributed by atoms with E-state index in [2.05, 4.69) is 6.92 Å². The number of carbonyl (C=O) groups is 1. The molecule has 1 heterocycles. The van der Waals surface area contributed by atoms with Gasteiger partial charge in [-0.2, -0.15) is 0 Å². The van der Waals surface area contributed by atoms with E-state index in [1.807, 2.05) is 0 Å². The van der Waals surface area contributed by atoms with Crippen molar-refractivity contribution in [2.45, 2.75) is 19.8 Å². The molecule has 1 aromatic rings. The average Bonchev–Trinajstić information content (AvgIpc) is 2.80. The van der Waals surface area contributed by atoms with Gasteiger partial charge in [-0.15, -0.1) is 0 Å². The van der Waals surface area contributed by atoms with E-state index >= 15 is 0 Å². The molecule has 1 N–H and O–H groups in total. The van der Waals surface area contributed by atoms with Gasteiger partial charge < -0.3 is 10.0 Å². The Balaban J connectivity index is 2.17. The highest BCUT2D eigenvalue weighted by molar-refractivity contribution is 5.97. The third-order valence-corrected chi connectivity index (χ3v) is 3.34. The van der Waals surface area contributed by atoms with Gasteiger partial charge in [-0.3, -0.25) is 4.79 Å².